The molecule has 0 unspecified atom stereocenters. The summed E-state index contributed by atoms with van der Waals surface area (Å²) in [7, 11) is 0. The molecule has 180 valence electrons. The summed E-state index contributed by atoms with van der Waals surface area (Å²) in [5.74, 6) is -3.44. The summed E-state index contributed by atoms with van der Waals surface area (Å²) in [6.45, 7) is 9.11. The zero-order valence-corrected chi connectivity index (χ0v) is 19.9. The van der Waals surface area contributed by atoms with Crippen LogP contribution in [0.25, 0.3) is 0 Å². The number of hydrogen-bond acceptors (Lipinski definition) is 5. The molecule has 2 aliphatic carbocycles. The molecule has 1 amide bonds. The van der Waals surface area contributed by atoms with E-state index in [9.17, 15) is 24.6 Å². The molecule has 0 bridgehead atoms. The lowest BCUT2D eigenvalue weighted by Gasteiger charge is -2.48. The van der Waals surface area contributed by atoms with Crippen LogP contribution >= 0.6 is 0 Å². The van der Waals surface area contributed by atoms with E-state index in [0.717, 1.165) is 5.56 Å². The fourth-order valence-electron chi connectivity index (χ4n) is 6.18. The number of hydrogen-bond donors (Lipinski definition) is 3. The van der Waals surface area contributed by atoms with E-state index in [4.69, 9.17) is 0 Å². The van der Waals surface area contributed by atoms with E-state index in [2.05, 4.69) is 11.9 Å². The summed E-state index contributed by atoms with van der Waals surface area (Å²) in [4.78, 5) is 40.4. The van der Waals surface area contributed by atoms with E-state index < -0.39 is 52.3 Å². The van der Waals surface area contributed by atoms with Crippen LogP contribution in [0.3, 0.4) is 0 Å². The maximum Gasteiger partial charge on any atom is 0.235 e. The molecular weight excluding hydrogens is 430 g/mol. The lowest BCUT2D eigenvalue weighted by Crippen LogP contribution is -2.58. The van der Waals surface area contributed by atoms with Gasteiger partial charge in [0.15, 0.2) is 11.6 Å². The topological polar surface area (TPSA) is 104 Å². The quantitative estimate of drug-likeness (QED) is 0.462. The first-order chi connectivity index (χ1) is 16.0. The summed E-state index contributed by atoms with van der Waals surface area (Å²) >= 11 is 0. The van der Waals surface area contributed by atoms with E-state index in [-0.39, 0.29) is 12.0 Å². The summed E-state index contributed by atoms with van der Waals surface area (Å²) in [5.41, 5.74) is -1.79. The van der Waals surface area contributed by atoms with E-state index >= 15 is 0 Å². The molecule has 1 heterocycles. The summed E-state index contributed by atoms with van der Waals surface area (Å²) in [5, 5.41) is 25.1. The van der Waals surface area contributed by atoms with Gasteiger partial charge in [-0.15, -0.1) is 0 Å². The average molecular weight is 464 g/mol. The van der Waals surface area contributed by atoms with Crippen molar-refractivity contribution in [3.8, 4) is 0 Å². The molecule has 2 fully saturated rings. The van der Waals surface area contributed by atoms with Crippen molar-refractivity contribution >= 4 is 17.5 Å². The SMILES string of the molecule is C=C1[C@H](C)[C@@H]2[C@@H](Cc3ccccc3)NC(=O)[C@@]23C(=O)C=C[C@](C)(O)C(=O)[C@H](C)CC=C[C@@H]3[C@H]1O. The van der Waals surface area contributed by atoms with Crippen molar-refractivity contribution in [2.45, 2.75) is 51.4 Å². The number of aliphatic hydroxyl groups is 2. The minimum absolute atomic E-state index is 0.309. The minimum Gasteiger partial charge on any atom is -0.388 e. The molecule has 1 spiro atoms. The largest absolute Gasteiger partial charge is 0.388 e. The van der Waals surface area contributed by atoms with Crippen LogP contribution in [0.4, 0.5) is 0 Å². The first-order valence-corrected chi connectivity index (χ1v) is 11.9. The zero-order valence-electron chi connectivity index (χ0n) is 19.9. The van der Waals surface area contributed by atoms with Gasteiger partial charge < -0.3 is 15.5 Å². The smallest absolute Gasteiger partial charge is 0.235 e. The number of carbonyl (C=O) groups excluding carboxylic acids is 3. The molecule has 0 aromatic heterocycles. The number of nitrogens with one attached hydrogen (secondary N) is 1. The van der Waals surface area contributed by atoms with Gasteiger partial charge in [0.1, 0.15) is 11.0 Å². The van der Waals surface area contributed by atoms with E-state index in [1.54, 1.807) is 19.1 Å². The number of carbonyl (C=O) groups is 3. The molecule has 1 saturated carbocycles. The van der Waals surface area contributed by atoms with Crippen LogP contribution in [0.5, 0.6) is 0 Å². The van der Waals surface area contributed by atoms with E-state index in [1.807, 2.05) is 37.3 Å². The van der Waals surface area contributed by atoms with E-state index in [1.165, 1.54) is 19.1 Å². The van der Waals surface area contributed by atoms with Gasteiger partial charge in [-0.2, -0.15) is 0 Å². The normalized spacial score (nSPS) is 40.4. The molecular formula is C28H33NO5. The predicted octanol–water partition coefficient (Wildman–Crippen LogP) is 2.55. The molecule has 3 aliphatic rings. The number of Topliss-reactive ketones (excluding diaryl/α,β-unsaturated/α-hetero) is 1. The monoisotopic (exact) mass is 463 g/mol. The Bertz CT molecular complexity index is 1070. The Hall–Kier alpha value is -2.83. The van der Waals surface area contributed by atoms with Crippen molar-refractivity contribution in [2.24, 2.45) is 29.1 Å². The van der Waals surface area contributed by atoms with Crippen molar-refractivity contribution in [1.82, 2.24) is 5.32 Å². The van der Waals surface area contributed by atoms with Crippen LogP contribution < -0.4 is 5.32 Å². The fraction of sp³-hybridized carbons (Fsp3) is 0.464. The average Bonchev–Trinajstić information content (AvgIpc) is 3.09. The van der Waals surface area contributed by atoms with Crippen LogP contribution in [0.1, 0.15) is 32.8 Å². The van der Waals surface area contributed by atoms with Crippen molar-refractivity contribution in [1.29, 1.82) is 0 Å². The van der Waals surface area contributed by atoms with Gasteiger partial charge in [-0.25, -0.2) is 0 Å². The summed E-state index contributed by atoms with van der Waals surface area (Å²) in [6, 6.07) is 9.41. The number of aliphatic hydroxyl groups excluding tert-OH is 1. The third-order valence-corrected chi connectivity index (χ3v) is 8.07. The molecule has 6 nitrogen and oxygen atoms in total. The number of allylic oxidation sites excluding steroid dienone is 2. The van der Waals surface area contributed by atoms with Crippen LogP contribution in [0.2, 0.25) is 0 Å². The van der Waals surface area contributed by atoms with Gasteiger partial charge in [0.05, 0.1) is 6.10 Å². The third-order valence-electron chi connectivity index (χ3n) is 8.07. The Labute approximate surface area is 200 Å². The zero-order chi connectivity index (χ0) is 24.8. The molecule has 1 aromatic rings. The van der Waals surface area contributed by atoms with Gasteiger partial charge in [-0.1, -0.05) is 62.9 Å². The maximum atomic E-state index is 13.9. The summed E-state index contributed by atoms with van der Waals surface area (Å²) in [6.07, 6.45) is 5.57. The predicted molar refractivity (Wildman–Crippen MR) is 128 cm³/mol. The Morgan fingerprint density at radius 2 is 1.82 bits per heavy atom. The number of ketones is 2. The van der Waals surface area contributed by atoms with Crippen molar-refractivity contribution < 1.29 is 24.6 Å². The third kappa shape index (κ3) is 3.69. The molecule has 3 N–H and O–H groups in total. The molecule has 34 heavy (non-hydrogen) atoms. The van der Waals surface area contributed by atoms with Gasteiger partial charge in [0.2, 0.25) is 5.91 Å². The molecule has 1 aromatic carbocycles. The standard InChI is InChI=1S/C28H33NO5/c1-16-9-8-12-20-24(31)18(3)17(2)23-21(15-19-10-6-5-7-11-19)29-26(33)28(20,23)22(30)13-14-27(4,34)25(16)32/h5-8,10-14,16-17,20-21,23-24,31,34H,3,9,15H2,1-2,4H3,(H,29,33)/t16-,17+,20-,21-,23-,24+,27+,28+/m1/s1. The first kappa shape index (κ1) is 24.3. The van der Waals surface area contributed by atoms with Crippen molar-refractivity contribution in [2.75, 3.05) is 0 Å². The Kier molecular flexibility index (Phi) is 6.25. The second kappa shape index (κ2) is 8.75. The van der Waals surface area contributed by atoms with Gasteiger partial charge in [-0.05, 0) is 49.0 Å². The molecule has 6 heteroatoms. The van der Waals surface area contributed by atoms with Crippen LogP contribution in [0, 0.1) is 29.1 Å². The highest BCUT2D eigenvalue weighted by molar-refractivity contribution is 6.14. The first-order valence-electron chi connectivity index (χ1n) is 11.9. The summed E-state index contributed by atoms with van der Waals surface area (Å²) < 4.78 is 0. The minimum atomic E-state index is -1.84. The second-order valence-electron chi connectivity index (χ2n) is 10.3. The molecule has 4 rings (SSSR count). The van der Waals surface area contributed by atoms with Crippen LogP contribution in [-0.4, -0.2) is 45.4 Å². The van der Waals surface area contributed by atoms with Gasteiger partial charge in [-0.3, -0.25) is 14.4 Å². The molecule has 8 atom stereocenters. The number of amides is 1. The Balaban J connectivity index is 1.88. The van der Waals surface area contributed by atoms with Crippen molar-refractivity contribution in [3.63, 3.8) is 0 Å². The van der Waals surface area contributed by atoms with Crippen LogP contribution in [0.15, 0.2) is 66.8 Å². The molecule has 1 saturated heterocycles. The highest BCUT2D eigenvalue weighted by Gasteiger charge is 2.68. The second-order valence-corrected chi connectivity index (χ2v) is 10.3. The highest BCUT2D eigenvalue weighted by Crippen LogP contribution is 2.56. The van der Waals surface area contributed by atoms with Crippen LogP contribution in [-0.2, 0) is 20.8 Å². The number of rotatable bonds is 2. The Morgan fingerprint density at radius 1 is 1.15 bits per heavy atom. The molecule has 0 radical (unpaired) electrons. The van der Waals surface area contributed by atoms with Gasteiger partial charge >= 0.3 is 0 Å². The van der Waals surface area contributed by atoms with Gasteiger partial charge in [0, 0.05) is 23.8 Å². The molecule has 1 aliphatic heterocycles. The highest BCUT2D eigenvalue weighted by atomic mass is 16.3. The van der Waals surface area contributed by atoms with E-state index in [0.29, 0.717) is 18.4 Å². The number of benzene rings is 1. The lowest BCUT2D eigenvalue weighted by atomic mass is 9.52. The maximum absolute atomic E-state index is 13.9. The van der Waals surface area contributed by atoms with Crippen molar-refractivity contribution in [3.05, 3.63) is 72.4 Å². The lowest BCUT2D eigenvalue weighted by molar-refractivity contribution is -0.148. The Morgan fingerprint density at radius 3 is 2.50 bits per heavy atom. The fourth-order valence-corrected chi connectivity index (χ4v) is 6.18. The van der Waals surface area contributed by atoms with Gasteiger partial charge in [0.25, 0.3) is 0 Å².